The van der Waals surface area contributed by atoms with Crippen LogP contribution in [0, 0.1) is 5.82 Å². The van der Waals surface area contributed by atoms with E-state index in [9.17, 15) is 24.0 Å². The minimum absolute atomic E-state index is 0.0566. The predicted molar refractivity (Wildman–Crippen MR) is 154 cm³/mol. The molecule has 0 saturated carbocycles. The Hall–Kier alpha value is -4.38. The van der Waals surface area contributed by atoms with Crippen LogP contribution in [-0.4, -0.2) is 96.3 Å². The zero-order chi connectivity index (χ0) is 31.4. The Bertz CT molecular complexity index is 1570. The summed E-state index contributed by atoms with van der Waals surface area (Å²) in [6, 6.07) is 5.75. The molecule has 2 aliphatic rings. The Labute approximate surface area is 258 Å². The van der Waals surface area contributed by atoms with Gasteiger partial charge in [-0.3, -0.25) is 29.0 Å². The number of esters is 1. The van der Waals surface area contributed by atoms with Crippen molar-refractivity contribution in [1.82, 2.24) is 14.9 Å². The number of amides is 4. The van der Waals surface area contributed by atoms with Gasteiger partial charge in [0.05, 0.1) is 46.6 Å². The molecule has 14 nitrogen and oxygen atoms in total. The first-order chi connectivity index (χ1) is 21.1. The summed E-state index contributed by atoms with van der Waals surface area (Å²) < 4.78 is 31.0. The van der Waals surface area contributed by atoms with E-state index in [0.29, 0.717) is 22.3 Å². The van der Waals surface area contributed by atoms with Gasteiger partial charge in [-0.25, -0.2) is 14.2 Å². The number of carbonyl (C=O) groups is 5. The lowest BCUT2D eigenvalue weighted by Crippen LogP contribution is -2.45. The molecule has 232 valence electrons. The average Bonchev–Trinajstić information content (AvgIpc) is 3.76. The van der Waals surface area contributed by atoms with Gasteiger partial charge in [0.1, 0.15) is 24.6 Å². The molecule has 44 heavy (non-hydrogen) atoms. The standard InChI is InChI=1S/C27H26ClFN6O8S/c28-22-4-3-21(44-22)25(38)35(24(37)13-42-26(39)19(30)7-15-9-31-14-32-15)11-17-10-34(27(40)43-17)20-2-1-16(8-18(20)29)33-5-6-41-12-23(33)36/h1-4,8-9,14,17,19H,5-7,10-13,30H2,(H,31,32)/t17-,19-/m1/s1. The molecular weight excluding hydrogens is 623 g/mol. The lowest BCUT2D eigenvalue weighted by atomic mass is 10.2. The number of H-pyrrole nitrogens is 1. The zero-order valence-corrected chi connectivity index (χ0v) is 24.5. The number of cyclic esters (lactones) is 1. The van der Waals surface area contributed by atoms with Crippen LogP contribution in [-0.2, 0) is 35.0 Å². The van der Waals surface area contributed by atoms with Crippen molar-refractivity contribution in [3.05, 3.63) is 63.6 Å². The molecule has 2 atom stereocenters. The maximum atomic E-state index is 15.2. The number of hydrogen-bond acceptors (Lipinski definition) is 11. The van der Waals surface area contributed by atoms with Crippen LogP contribution in [0.3, 0.4) is 0 Å². The molecule has 4 heterocycles. The Morgan fingerprint density at radius 2 is 2.07 bits per heavy atom. The van der Waals surface area contributed by atoms with Gasteiger partial charge >= 0.3 is 12.1 Å². The van der Waals surface area contributed by atoms with E-state index >= 15 is 4.39 Å². The number of imidazole rings is 1. The normalized spacial score (nSPS) is 17.4. The van der Waals surface area contributed by atoms with Crippen molar-refractivity contribution in [2.75, 3.05) is 49.3 Å². The number of aromatic nitrogens is 2. The van der Waals surface area contributed by atoms with Crippen LogP contribution in [0.25, 0.3) is 0 Å². The first kappa shape index (κ1) is 31.1. The van der Waals surface area contributed by atoms with E-state index in [2.05, 4.69) is 9.97 Å². The van der Waals surface area contributed by atoms with Crippen molar-refractivity contribution in [2.45, 2.75) is 18.6 Å². The Kier molecular flexibility index (Phi) is 9.53. The van der Waals surface area contributed by atoms with Crippen molar-refractivity contribution in [3.8, 4) is 0 Å². The third kappa shape index (κ3) is 7.05. The molecule has 3 N–H and O–H groups in total. The third-order valence-electron chi connectivity index (χ3n) is 6.73. The summed E-state index contributed by atoms with van der Waals surface area (Å²) >= 11 is 6.90. The molecular formula is C27H26ClFN6O8S. The average molecular weight is 649 g/mol. The summed E-state index contributed by atoms with van der Waals surface area (Å²) in [6.45, 7) is -1.01. The van der Waals surface area contributed by atoms with Crippen molar-refractivity contribution < 1.29 is 42.6 Å². The molecule has 1 aromatic carbocycles. The van der Waals surface area contributed by atoms with Crippen molar-refractivity contribution in [2.24, 2.45) is 5.73 Å². The van der Waals surface area contributed by atoms with Crippen LogP contribution in [0.4, 0.5) is 20.6 Å². The largest absolute Gasteiger partial charge is 0.454 e. The number of halogens is 2. The minimum Gasteiger partial charge on any atom is -0.454 e. The Balaban J connectivity index is 1.27. The van der Waals surface area contributed by atoms with Gasteiger partial charge < -0.3 is 29.8 Å². The Morgan fingerprint density at radius 3 is 2.75 bits per heavy atom. The van der Waals surface area contributed by atoms with E-state index < -0.39 is 55.0 Å². The predicted octanol–water partition coefficient (Wildman–Crippen LogP) is 1.73. The second kappa shape index (κ2) is 13.5. The number of hydrogen-bond donors (Lipinski definition) is 2. The van der Waals surface area contributed by atoms with Gasteiger partial charge in [-0.2, -0.15) is 0 Å². The maximum absolute atomic E-state index is 15.2. The van der Waals surface area contributed by atoms with Crippen molar-refractivity contribution >= 4 is 64.1 Å². The van der Waals surface area contributed by atoms with Crippen LogP contribution >= 0.6 is 22.9 Å². The monoisotopic (exact) mass is 648 g/mol. The van der Waals surface area contributed by atoms with E-state index in [1.54, 1.807) is 6.20 Å². The van der Waals surface area contributed by atoms with Gasteiger partial charge in [0.25, 0.3) is 17.7 Å². The number of imide groups is 1. The fourth-order valence-electron chi connectivity index (χ4n) is 4.58. The minimum atomic E-state index is -1.11. The summed E-state index contributed by atoms with van der Waals surface area (Å²) in [7, 11) is 0. The molecule has 3 aromatic rings. The number of ether oxygens (including phenoxy) is 3. The molecule has 2 aromatic heterocycles. The number of carbonyl (C=O) groups excluding carboxylic acids is 5. The molecule has 0 radical (unpaired) electrons. The molecule has 0 spiro atoms. The van der Waals surface area contributed by atoms with E-state index in [1.165, 1.54) is 35.5 Å². The fourth-order valence-corrected chi connectivity index (χ4v) is 5.57. The van der Waals surface area contributed by atoms with E-state index in [4.69, 9.17) is 31.5 Å². The number of nitrogens with two attached hydrogens (primary N) is 1. The molecule has 4 amide bonds. The molecule has 17 heteroatoms. The highest BCUT2D eigenvalue weighted by atomic mass is 35.5. The maximum Gasteiger partial charge on any atom is 0.414 e. The lowest BCUT2D eigenvalue weighted by Gasteiger charge is -2.27. The number of morpholine rings is 1. The summed E-state index contributed by atoms with van der Waals surface area (Å²) in [4.78, 5) is 73.8. The smallest absolute Gasteiger partial charge is 0.414 e. The van der Waals surface area contributed by atoms with Crippen LogP contribution in [0.5, 0.6) is 0 Å². The number of thiophene rings is 1. The number of nitrogens with one attached hydrogen (secondary N) is 1. The molecule has 5 rings (SSSR count). The quantitative estimate of drug-likeness (QED) is 0.308. The van der Waals surface area contributed by atoms with E-state index in [0.717, 1.165) is 27.2 Å². The second-order valence-electron chi connectivity index (χ2n) is 9.74. The van der Waals surface area contributed by atoms with Gasteiger partial charge in [-0.1, -0.05) is 11.6 Å². The number of benzene rings is 1. The van der Waals surface area contributed by atoms with Gasteiger partial charge in [-0.05, 0) is 30.3 Å². The van der Waals surface area contributed by atoms with Crippen LogP contribution in [0.2, 0.25) is 4.34 Å². The number of rotatable bonds is 10. The zero-order valence-electron chi connectivity index (χ0n) is 22.9. The number of anilines is 2. The summed E-state index contributed by atoms with van der Waals surface area (Å²) in [5.74, 6) is -3.65. The van der Waals surface area contributed by atoms with Gasteiger partial charge in [0, 0.05) is 24.8 Å². The highest BCUT2D eigenvalue weighted by molar-refractivity contribution is 7.18. The molecule has 2 fully saturated rings. The van der Waals surface area contributed by atoms with Crippen molar-refractivity contribution in [3.63, 3.8) is 0 Å². The first-order valence-electron chi connectivity index (χ1n) is 13.3. The molecule has 2 aliphatic heterocycles. The molecule has 0 bridgehead atoms. The fraction of sp³-hybridized carbons (Fsp3) is 0.333. The second-order valence-corrected chi connectivity index (χ2v) is 11.5. The van der Waals surface area contributed by atoms with Crippen LogP contribution < -0.4 is 15.5 Å². The Morgan fingerprint density at radius 1 is 1.25 bits per heavy atom. The summed E-state index contributed by atoms with van der Waals surface area (Å²) in [5.41, 5.74) is 6.57. The number of aromatic amines is 1. The van der Waals surface area contributed by atoms with Gasteiger partial charge in [0.15, 0.2) is 6.61 Å². The highest BCUT2D eigenvalue weighted by Crippen LogP contribution is 2.30. The highest BCUT2D eigenvalue weighted by Gasteiger charge is 2.38. The topological polar surface area (TPSA) is 177 Å². The molecule has 2 saturated heterocycles. The van der Waals surface area contributed by atoms with Gasteiger partial charge in [0.2, 0.25) is 0 Å². The van der Waals surface area contributed by atoms with Gasteiger partial charge in [-0.15, -0.1) is 11.3 Å². The van der Waals surface area contributed by atoms with Crippen LogP contribution in [0.15, 0.2) is 42.9 Å². The van der Waals surface area contributed by atoms with E-state index in [-0.39, 0.29) is 42.6 Å². The summed E-state index contributed by atoms with van der Waals surface area (Å²) in [6.07, 6.45) is 1.08. The SMILES string of the molecule is N[C@H](Cc1c[nH]cn1)C(=O)OCC(=O)N(C[C@H]1CN(c2ccc(N3CCOCC3=O)cc2F)C(=O)O1)C(=O)c1ccc(Cl)s1. The van der Waals surface area contributed by atoms with Crippen molar-refractivity contribution in [1.29, 1.82) is 0 Å². The number of nitrogens with zero attached hydrogens (tertiary/aromatic N) is 4. The van der Waals surface area contributed by atoms with E-state index in [1.807, 2.05) is 0 Å². The molecule has 0 unspecified atom stereocenters. The summed E-state index contributed by atoms with van der Waals surface area (Å²) in [5, 5.41) is 0. The first-order valence-corrected chi connectivity index (χ1v) is 14.5. The molecule has 0 aliphatic carbocycles. The lowest BCUT2D eigenvalue weighted by molar-refractivity contribution is -0.152. The third-order valence-corrected chi connectivity index (χ3v) is 7.95. The van der Waals surface area contributed by atoms with Crippen LogP contribution in [0.1, 0.15) is 15.4 Å².